The summed E-state index contributed by atoms with van der Waals surface area (Å²) in [6.45, 7) is 5.09. The lowest BCUT2D eigenvalue weighted by Gasteiger charge is -2.28. The lowest BCUT2D eigenvalue weighted by Crippen LogP contribution is -2.36. The number of hydrogen-bond acceptors (Lipinski definition) is 2. The molecule has 0 radical (unpaired) electrons. The van der Waals surface area contributed by atoms with Crippen LogP contribution in [0.25, 0.3) is 10.9 Å². The van der Waals surface area contributed by atoms with E-state index in [1.54, 1.807) is 0 Å². The van der Waals surface area contributed by atoms with E-state index >= 15 is 0 Å². The number of hydrogen-bond donors (Lipinski definition) is 1. The molecule has 5 rings (SSSR count). The predicted molar refractivity (Wildman–Crippen MR) is 109 cm³/mol. The Hall–Kier alpha value is -2.88. The van der Waals surface area contributed by atoms with Crippen LogP contribution < -0.4 is 4.90 Å². The van der Waals surface area contributed by atoms with Gasteiger partial charge in [0, 0.05) is 34.6 Å². The zero-order chi connectivity index (χ0) is 18.5. The van der Waals surface area contributed by atoms with Gasteiger partial charge in [-0.2, -0.15) is 0 Å². The molecule has 4 nitrogen and oxygen atoms in total. The number of carbonyl (C=O) groups excluding carboxylic acids is 1. The summed E-state index contributed by atoms with van der Waals surface area (Å²) in [5.41, 5.74) is 6.52. The number of rotatable bonds is 3. The topological polar surface area (TPSA) is 48.5 Å². The second-order valence-electron chi connectivity index (χ2n) is 7.89. The summed E-state index contributed by atoms with van der Waals surface area (Å²) in [6, 6.07) is 17.1. The van der Waals surface area contributed by atoms with Crippen LogP contribution in [-0.2, 0) is 11.3 Å². The summed E-state index contributed by atoms with van der Waals surface area (Å²) in [7, 11) is 0. The third kappa shape index (κ3) is 2.59. The largest absolute Gasteiger partial charge is 0.353 e. The maximum atomic E-state index is 12.5. The average molecular weight is 357 g/mol. The highest BCUT2D eigenvalue weighted by Crippen LogP contribution is 2.34. The standard InChI is InChI=1S/C23H23N3O/c1-14(2)21-9-10-22(27)26(21)17-8-7-16-13-24-23(18(16)12-17)20-11-15-5-3-4-6-19(15)25-20/h3-8,11-12,14,21,25H,9-10,13H2,1-2H3/t21-/m1/s1. The van der Waals surface area contributed by atoms with Crippen LogP contribution in [0.1, 0.15) is 43.5 Å². The van der Waals surface area contributed by atoms with E-state index in [-0.39, 0.29) is 11.9 Å². The van der Waals surface area contributed by atoms with Crippen molar-refractivity contribution in [2.75, 3.05) is 4.90 Å². The van der Waals surface area contributed by atoms with Crippen molar-refractivity contribution in [2.24, 2.45) is 10.9 Å². The molecule has 3 heterocycles. The van der Waals surface area contributed by atoms with E-state index in [9.17, 15) is 4.79 Å². The first-order chi connectivity index (χ1) is 13.1. The van der Waals surface area contributed by atoms with E-state index in [4.69, 9.17) is 4.99 Å². The molecule has 136 valence electrons. The van der Waals surface area contributed by atoms with Gasteiger partial charge in [-0.1, -0.05) is 38.1 Å². The minimum absolute atomic E-state index is 0.232. The van der Waals surface area contributed by atoms with Gasteiger partial charge in [-0.05, 0) is 42.2 Å². The SMILES string of the molecule is CC(C)[C@H]1CCC(=O)N1c1ccc2c(c1)C(c1cc3ccccc3[nH]1)=NC2. The molecule has 2 aliphatic rings. The number of carbonyl (C=O) groups is 1. The molecule has 0 unspecified atom stereocenters. The van der Waals surface area contributed by atoms with Gasteiger partial charge in [0.05, 0.1) is 18.0 Å². The van der Waals surface area contributed by atoms with Crippen LogP contribution in [0.2, 0.25) is 0 Å². The van der Waals surface area contributed by atoms with Crippen molar-refractivity contribution in [1.29, 1.82) is 0 Å². The van der Waals surface area contributed by atoms with Crippen molar-refractivity contribution in [3.63, 3.8) is 0 Å². The maximum absolute atomic E-state index is 12.5. The summed E-state index contributed by atoms with van der Waals surface area (Å²) in [5, 5.41) is 1.19. The molecule has 0 spiro atoms. The van der Waals surface area contributed by atoms with E-state index < -0.39 is 0 Å². The highest BCUT2D eigenvalue weighted by molar-refractivity contribution is 6.16. The molecule has 0 bridgehead atoms. The van der Waals surface area contributed by atoms with Crippen molar-refractivity contribution in [3.05, 3.63) is 65.4 Å². The Labute approximate surface area is 158 Å². The van der Waals surface area contributed by atoms with Crippen LogP contribution in [0.15, 0.2) is 53.5 Å². The van der Waals surface area contributed by atoms with Gasteiger partial charge in [0.1, 0.15) is 0 Å². The third-order valence-corrected chi connectivity index (χ3v) is 5.84. The van der Waals surface area contributed by atoms with E-state index in [0.29, 0.717) is 18.9 Å². The number of aliphatic imine (C=N–C) groups is 1. The summed E-state index contributed by atoms with van der Waals surface area (Å²) in [6.07, 6.45) is 1.58. The number of aromatic amines is 1. The molecule has 4 heteroatoms. The van der Waals surface area contributed by atoms with Gasteiger partial charge in [0.2, 0.25) is 5.91 Å². The minimum Gasteiger partial charge on any atom is -0.353 e. The first-order valence-corrected chi connectivity index (χ1v) is 9.70. The smallest absolute Gasteiger partial charge is 0.227 e. The molecular weight excluding hydrogens is 334 g/mol. The van der Waals surface area contributed by atoms with Gasteiger partial charge in [-0.3, -0.25) is 9.79 Å². The number of para-hydroxylation sites is 1. The van der Waals surface area contributed by atoms with Crippen LogP contribution in [0.3, 0.4) is 0 Å². The second kappa shape index (κ2) is 6.08. The lowest BCUT2D eigenvalue weighted by molar-refractivity contribution is -0.117. The van der Waals surface area contributed by atoms with Gasteiger partial charge in [-0.15, -0.1) is 0 Å². The Kier molecular flexibility index (Phi) is 3.67. The highest BCUT2D eigenvalue weighted by Gasteiger charge is 2.34. The van der Waals surface area contributed by atoms with Crippen LogP contribution >= 0.6 is 0 Å². The fourth-order valence-electron chi connectivity index (χ4n) is 4.43. The first-order valence-electron chi connectivity index (χ1n) is 9.70. The monoisotopic (exact) mass is 357 g/mol. The molecule has 1 saturated heterocycles. The molecule has 27 heavy (non-hydrogen) atoms. The Balaban J connectivity index is 1.56. The van der Waals surface area contributed by atoms with Crippen molar-refractivity contribution in [1.82, 2.24) is 4.98 Å². The molecule has 2 aliphatic heterocycles. The Morgan fingerprint density at radius 2 is 2.00 bits per heavy atom. The van der Waals surface area contributed by atoms with Crippen LogP contribution in [0.4, 0.5) is 5.69 Å². The van der Waals surface area contributed by atoms with E-state index in [2.05, 4.69) is 55.2 Å². The summed E-state index contributed by atoms with van der Waals surface area (Å²) < 4.78 is 0. The van der Waals surface area contributed by atoms with Crippen LogP contribution in [-0.4, -0.2) is 22.6 Å². The van der Waals surface area contributed by atoms with E-state index in [1.165, 1.54) is 10.9 Å². The van der Waals surface area contributed by atoms with Gasteiger partial charge in [0.25, 0.3) is 0 Å². The number of anilines is 1. The van der Waals surface area contributed by atoms with Gasteiger partial charge < -0.3 is 9.88 Å². The molecule has 0 saturated carbocycles. The molecule has 1 fully saturated rings. The van der Waals surface area contributed by atoms with Gasteiger partial charge in [-0.25, -0.2) is 0 Å². The number of aromatic nitrogens is 1. The van der Waals surface area contributed by atoms with Gasteiger partial charge >= 0.3 is 0 Å². The molecule has 2 aromatic carbocycles. The van der Waals surface area contributed by atoms with Crippen molar-refractivity contribution in [2.45, 2.75) is 39.3 Å². The normalized spacial score (nSPS) is 19.2. The maximum Gasteiger partial charge on any atom is 0.227 e. The van der Waals surface area contributed by atoms with Crippen molar-refractivity contribution in [3.8, 4) is 0 Å². The Morgan fingerprint density at radius 3 is 2.81 bits per heavy atom. The third-order valence-electron chi connectivity index (χ3n) is 5.84. The number of amides is 1. The molecule has 1 N–H and O–H groups in total. The number of benzene rings is 2. The average Bonchev–Trinajstić information content (AvgIpc) is 3.36. The highest BCUT2D eigenvalue weighted by atomic mass is 16.2. The molecule has 1 aromatic heterocycles. The summed E-state index contributed by atoms with van der Waals surface area (Å²) in [4.78, 5) is 22.8. The van der Waals surface area contributed by atoms with E-state index in [0.717, 1.165) is 34.6 Å². The number of fused-ring (bicyclic) bond motifs is 2. The zero-order valence-electron chi connectivity index (χ0n) is 15.7. The fourth-order valence-corrected chi connectivity index (χ4v) is 4.43. The van der Waals surface area contributed by atoms with Crippen LogP contribution in [0.5, 0.6) is 0 Å². The number of nitrogens with one attached hydrogen (secondary N) is 1. The molecule has 3 aromatic rings. The van der Waals surface area contributed by atoms with Crippen LogP contribution in [0, 0.1) is 5.92 Å². The molecular formula is C23H23N3O. The first kappa shape index (κ1) is 16.3. The van der Waals surface area contributed by atoms with Crippen molar-refractivity contribution < 1.29 is 4.79 Å². The zero-order valence-corrected chi connectivity index (χ0v) is 15.7. The summed E-state index contributed by atoms with van der Waals surface area (Å²) in [5.74, 6) is 0.683. The fraction of sp³-hybridized carbons (Fsp3) is 0.304. The second-order valence-corrected chi connectivity index (χ2v) is 7.89. The lowest BCUT2D eigenvalue weighted by atomic mass is 9.99. The molecule has 1 atom stereocenters. The van der Waals surface area contributed by atoms with Crippen molar-refractivity contribution >= 4 is 28.2 Å². The minimum atomic E-state index is 0.232. The number of H-pyrrole nitrogens is 1. The van der Waals surface area contributed by atoms with E-state index in [1.807, 2.05) is 17.0 Å². The predicted octanol–water partition coefficient (Wildman–Crippen LogP) is 4.67. The molecule has 0 aliphatic carbocycles. The molecule has 1 amide bonds. The Bertz CT molecular complexity index is 1040. The quantitative estimate of drug-likeness (QED) is 0.727. The Morgan fingerprint density at radius 1 is 1.15 bits per heavy atom. The number of nitrogens with zero attached hydrogens (tertiary/aromatic N) is 2. The van der Waals surface area contributed by atoms with Gasteiger partial charge in [0.15, 0.2) is 0 Å². The summed E-state index contributed by atoms with van der Waals surface area (Å²) >= 11 is 0.